The molecule has 0 aliphatic heterocycles. The van der Waals surface area contributed by atoms with Crippen LogP contribution in [0.15, 0.2) is 43.0 Å². The molecular formula is C18H27NO2. The van der Waals surface area contributed by atoms with Crippen LogP contribution < -0.4 is 0 Å². The van der Waals surface area contributed by atoms with Crippen molar-refractivity contribution in [1.82, 2.24) is 4.90 Å². The lowest BCUT2D eigenvalue weighted by Crippen LogP contribution is -2.36. The van der Waals surface area contributed by atoms with Gasteiger partial charge in [-0.05, 0) is 30.2 Å². The van der Waals surface area contributed by atoms with E-state index in [0.717, 1.165) is 24.8 Å². The van der Waals surface area contributed by atoms with E-state index in [2.05, 4.69) is 20.4 Å². The molecule has 116 valence electrons. The molecule has 0 saturated carbocycles. The largest absolute Gasteiger partial charge is 0.445 e. The van der Waals surface area contributed by atoms with Gasteiger partial charge in [0.25, 0.3) is 0 Å². The van der Waals surface area contributed by atoms with Gasteiger partial charge in [0.15, 0.2) is 0 Å². The fourth-order valence-corrected chi connectivity index (χ4v) is 2.34. The van der Waals surface area contributed by atoms with Crippen LogP contribution in [0.3, 0.4) is 0 Å². The lowest BCUT2D eigenvalue weighted by atomic mass is 9.87. The molecule has 0 aliphatic carbocycles. The van der Waals surface area contributed by atoms with Crippen molar-refractivity contribution in [2.45, 2.75) is 39.7 Å². The minimum atomic E-state index is -0.268. The Bertz CT molecular complexity index is 440. The van der Waals surface area contributed by atoms with Gasteiger partial charge in [0.1, 0.15) is 6.61 Å². The van der Waals surface area contributed by atoms with Crippen molar-refractivity contribution in [2.75, 3.05) is 13.6 Å². The highest BCUT2D eigenvalue weighted by Crippen LogP contribution is 2.24. The molecule has 0 N–H and O–H groups in total. The van der Waals surface area contributed by atoms with Gasteiger partial charge in [0.05, 0.1) is 0 Å². The van der Waals surface area contributed by atoms with Gasteiger partial charge in [-0.1, -0.05) is 50.3 Å². The summed E-state index contributed by atoms with van der Waals surface area (Å²) < 4.78 is 5.33. The Hall–Kier alpha value is -1.77. The van der Waals surface area contributed by atoms with E-state index < -0.39 is 0 Å². The summed E-state index contributed by atoms with van der Waals surface area (Å²) in [5.74, 6) is 0. The molecule has 0 spiro atoms. The SMILES string of the molecule is C=CCCCC(C)(C)CN(C)C(=O)OCc1ccccc1. The van der Waals surface area contributed by atoms with E-state index in [1.807, 2.05) is 36.4 Å². The molecule has 21 heavy (non-hydrogen) atoms. The maximum Gasteiger partial charge on any atom is 0.409 e. The molecule has 3 heteroatoms. The number of amides is 1. The summed E-state index contributed by atoms with van der Waals surface area (Å²) in [6, 6.07) is 9.73. The molecule has 0 heterocycles. The summed E-state index contributed by atoms with van der Waals surface area (Å²) in [6.45, 7) is 9.11. The maximum atomic E-state index is 12.0. The minimum Gasteiger partial charge on any atom is -0.445 e. The van der Waals surface area contributed by atoms with Crippen LogP contribution in [0.5, 0.6) is 0 Å². The van der Waals surface area contributed by atoms with E-state index in [1.54, 1.807) is 11.9 Å². The second-order valence-electron chi connectivity index (χ2n) is 6.24. The lowest BCUT2D eigenvalue weighted by molar-refractivity contribution is 0.0896. The number of carbonyl (C=O) groups excluding carboxylic acids is 1. The van der Waals surface area contributed by atoms with Crippen molar-refractivity contribution in [3.63, 3.8) is 0 Å². The predicted molar refractivity (Wildman–Crippen MR) is 87.1 cm³/mol. The third kappa shape index (κ3) is 6.98. The number of hydrogen-bond donors (Lipinski definition) is 0. The van der Waals surface area contributed by atoms with Gasteiger partial charge >= 0.3 is 6.09 Å². The zero-order valence-corrected chi connectivity index (χ0v) is 13.5. The number of allylic oxidation sites excluding steroid dienone is 1. The normalized spacial score (nSPS) is 11.0. The highest BCUT2D eigenvalue weighted by molar-refractivity contribution is 5.67. The molecule has 0 fully saturated rings. The average Bonchev–Trinajstić information content (AvgIpc) is 2.45. The molecule has 1 aromatic carbocycles. The van der Waals surface area contributed by atoms with Gasteiger partial charge in [0.2, 0.25) is 0 Å². The molecule has 1 rings (SSSR count). The van der Waals surface area contributed by atoms with Crippen LogP contribution in [0.25, 0.3) is 0 Å². The third-order valence-electron chi connectivity index (χ3n) is 3.44. The molecule has 1 amide bonds. The number of benzene rings is 1. The van der Waals surface area contributed by atoms with E-state index in [0.29, 0.717) is 13.2 Å². The second-order valence-corrected chi connectivity index (χ2v) is 6.24. The van der Waals surface area contributed by atoms with Crippen LogP contribution in [-0.4, -0.2) is 24.6 Å². The first-order valence-corrected chi connectivity index (χ1v) is 7.47. The van der Waals surface area contributed by atoms with Gasteiger partial charge < -0.3 is 9.64 Å². The molecule has 0 bridgehead atoms. The standard InChI is InChI=1S/C18H27NO2/c1-5-6-10-13-18(2,3)15-19(4)17(20)21-14-16-11-8-7-9-12-16/h5,7-9,11-12H,1,6,10,13-15H2,2-4H3. The Morgan fingerprint density at radius 3 is 2.62 bits per heavy atom. The summed E-state index contributed by atoms with van der Waals surface area (Å²) in [5, 5.41) is 0. The van der Waals surface area contributed by atoms with E-state index in [1.165, 1.54) is 0 Å². The van der Waals surface area contributed by atoms with Crippen molar-refractivity contribution >= 4 is 6.09 Å². The Labute approximate surface area is 128 Å². The molecule has 3 nitrogen and oxygen atoms in total. The number of ether oxygens (including phenoxy) is 1. The van der Waals surface area contributed by atoms with Gasteiger partial charge in [-0.25, -0.2) is 4.79 Å². The second kappa shape index (κ2) is 8.50. The van der Waals surface area contributed by atoms with Crippen LogP contribution in [0.2, 0.25) is 0 Å². The number of unbranched alkanes of at least 4 members (excludes halogenated alkanes) is 1. The molecule has 0 aliphatic rings. The minimum absolute atomic E-state index is 0.0868. The average molecular weight is 289 g/mol. The Kier molecular flexibility index (Phi) is 7.00. The molecular weight excluding hydrogens is 262 g/mol. The van der Waals surface area contributed by atoms with E-state index in [-0.39, 0.29) is 11.5 Å². The zero-order valence-electron chi connectivity index (χ0n) is 13.5. The summed E-state index contributed by atoms with van der Waals surface area (Å²) in [7, 11) is 1.79. The van der Waals surface area contributed by atoms with Gasteiger partial charge in [0, 0.05) is 13.6 Å². The first-order valence-electron chi connectivity index (χ1n) is 7.47. The van der Waals surface area contributed by atoms with E-state index in [4.69, 9.17) is 4.74 Å². The summed E-state index contributed by atoms with van der Waals surface area (Å²) in [4.78, 5) is 13.7. The summed E-state index contributed by atoms with van der Waals surface area (Å²) >= 11 is 0. The molecule has 0 atom stereocenters. The number of hydrogen-bond acceptors (Lipinski definition) is 2. The van der Waals surface area contributed by atoms with E-state index >= 15 is 0 Å². The van der Waals surface area contributed by atoms with Crippen LogP contribution in [0.4, 0.5) is 4.79 Å². The zero-order chi connectivity index (χ0) is 15.7. The van der Waals surface area contributed by atoms with E-state index in [9.17, 15) is 4.79 Å². The first kappa shape index (κ1) is 17.3. The summed E-state index contributed by atoms with van der Waals surface area (Å²) in [6.07, 6.45) is 4.86. The van der Waals surface area contributed by atoms with Crippen molar-refractivity contribution < 1.29 is 9.53 Å². The molecule has 0 saturated heterocycles. The fourth-order valence-electron chi connectivity index (χ4n) is 2.34. The van der Waals surface area contributed by atoms with Crippen molar-refractivity contribution in [3.05, 3.63) is 48.6 Å². The fraction of sp³-hybridized carbons (Fsp3) is 0.500. The Morgan fingerprint density at radius 2 is 2.00 bits per heavy atom. The highest BCUT2D eigenvalue weighted by atomic mass is 16.6. The Balaban J connectivity index is 2.37. The van der Waals surface area contributed by atoms with Gasteiger partial charge in [-0.15, -0.1) is 6.58 Å². The van der Waals surface area contributed by atoms with Gasteiger partial charge in [-0.2, -0.15) is 0 Å². The number of carbonyl (C=O) groups is 1. The van der Waals surface area contributed by atoms with Crippen LogP contribution in [0.1, 0.15) is 38.7 Å². The molecule has 0 aromatic heterocycles. The monoisotopic (exact) mass is 289 g/mol. The maximum absolute atomic E-state index is 12.0. The van der Waals surface area contributed by atoms with Crippen LogP contribution in [-0.2, 0) is 11.3 Å². The quantitative estimate of drug-likeness (QED) is 0.515. The molecule has 1 aromatic rings. The third-order valence-corrected chi connectivity index (χ3v) is 3.44. The number of nitrogens with zero attached hydrogens (tertiary/aromatic N) is 1. The molecule has 0 radical (unpaired) electrons. The number of rotatable bonds is 8. The smallest absolute Gasteiger partial charge is 0.409 e. The van der Waals surface area contributed by atoms with Gasteiger partial charge in [-0.3, -0.25) is 0 Å². The lowest BCUT2D eigenvalue weighted by Gasteiger charge is -2.29. The van der Waals surface area contributed by atoms with Crippen molar-refractivity contribution in [3.8, 4) is 0 Å². The summed E-state index contributed by atoms with van der Waals surface area (Å²) in [5.41, 5.74) is 1.09. The molecule has 0 unspecified atom stereocenters. The van der Waals surface area contributed by atoms with Crippen molar-refractivity contribution in [2.24, 2.45) is 5.41 Å². The topological polar surface area (TPSA) is 29.5 Å². The highest BCUT2D eigenvalue weighted by Gasteiger charge is 2.22. The van der Waals surface area contributed by atoms with Crippen LogP contribution >= 0.6 is 0 Å². The van der Waals surface area contributed by atoms with Crippen LogP contribution in [0, 0.1) is 5.41 Å². The Morgan fingerprint density at radius 1 is 1.33 bits per heavy atom. The predicted octanol–water partition coefficient (Wildman–Crippen LogP) is 4.64. The van der Waals surface area contributed by atoms with Crippen molar-refractivity contribution in [1.29, 1.82) is 0 Å². The first-order chi connectivity index (χ1) is 9.94.